The molecule has 176 valence electrons. The van der Waals surface area contributed by atoms with Gasteiger partial charge in [0.2, 0.25) is 15.9 Å². The maximum absolute atomic E-state index is 13.1. The largest absolute Gasteiger partial charge is 0.490 e. The number of nitrogens with one attached hydrogen (secondary N) is 1. The fraction of sp³-hybridized carbons (Fsp3) is 0.391. The Morgan fingerprint density at radius 2 is 1.61 bits per heavy atom. The van der Waals surface area contributed by atoms with Crippen LogP contribution in [-0.2, 0) is 21.4 Å². The van der Waals surface area contributed by atoms with E-state index in [1.165, 1.54) is 23.4 Å². The van der Waals surface area contributed by atoms with E-state index in [0.717, 1.165) is 12.0 Å². The van der Waals surface area contributed by atoms with Crippen LogP contribution in [-0.4, -0.2) is 68.8 Å². The molecule has 2 aliphatic rings. The molecule has 10 heteroatoms. The number of hydrogen-bond acceptors (Lipinski definition) is 6. The second-order valence-electron chi connectivity index (χ2n) is 7.96. The number of carbonyl (C=O) groups excluding carboxylic acids is 2. The summed E-state index contributed by atoms with van der Waals surface area (Å²) >= 11 is 0. The van der Waals surface area contributed by atoms with E-state index in [4.69, 9.17) is 9.47 Å². The zero-order chi connectivity index (χ0) is 23.4. The normalized spacial score (nSPS) is 16.7. The molecule has 1 saturated heterocycles. The van der Waals surface area contributed by atoms with Gasteiger partial charge in [0.25, 0.3) is 5.91 Å². The van der Waals surface area contributed by atoms with Crippen LogP contribution >= 0.6 is 0 Å². The lowest BCUT2D eigenvalue weighted by molar-refractivity contribution is -0.119. The number of piperazine rings is 1. The van der Waals surface area contributed by atoms with E-state index in [2.05, 4.69) is 5.32 Å². The number of hydrogen-bond donors (Lipinski definition) is 1. The monoisotopic (exact) mass is 473 g/mol. The molecule has 0 saturated carbocycles. The van der Waals surface area contributed by atoms with Crippen molar-refractivity contribution in [2.75, 3.05) is 39.4 Å². The molecule has 0 aromatic heterocycles. The van der Waals surface area contributed by atoms with Crippen molar-refractivity contribution in [3.63, 3.8) is 0 Å². The van der Waals surface area contributed by atoms with Gasteiger partial charge in [-0.25, -0.2) is 8.42 Å². The van der Waals surface area contributed by atoms with E-state index in [1.54, 1.807) is 35.2 Å². The highest BCUT2D eigenvalue weighted by Gasteiger charge is 2.31. The first kappa shape index (κ1) is 23.1. The van der Waals surface area contributed by atoms with Crippen molar-refractivity contribution < 1.29 is 27.5 Å². The third-order valence-electron chi connectivity index (χ3n) is 5.62. The first-order chi connectivity index (χ1) is 15.8. The van der Waals surface area contributed by atoms with Gasteiger partial charge in [0.15, 0.2) is 11.5 Å². The predicted octanol–water partition coefficient (Wildman–Crippen LogP) is 1.63. The highest BCUT2D eigenvalue weighted by molar-refractivity contribution is 7.89. The zero-order valence-corrected chi connectivity index (χ0v) is 19.3. The van der Waals surface area contributed by atoms with E-state index in [-0.39, 0.29) is 29.8 Å². The standard InChI is InChI=1S/C23H27N3O6S/c1-17(27)24-16-18-3-5-19(6-4-18)23(28)25-9-11-26(12-10-25)33(29,30)20-7-8-21-22(15-20)32-14-2-13-31-21/h3-8,15H,2,9-14,16H2,1H3,(H,24,27). The van der Waals surface area contributed by atoms with Crippen LogP contribution in [0.2, 0.25) is 0 Å². The summed E-state index contributed by atoms with van der Waals surface area (Å²) in [5.74, 6) is 0.720. The van der Waals surface area contributed by atoms with Crippen LogP contribution in [0.25, 0.3) is 0 Å². The number of rotatable bonds is 5. The van der Waals surface area contributed by atoms with E-state index in [1.807, 2.05) is 0 Å². The Labute approximate surface area is 193 Å². The molecule has 0 atom stereocenters. The Balaban J connectivity index is 1.38. The van der Waals surface area contributed by atoms with Crippen LogP contribution in [0.5, 0.6) is 11.5 Å². The smallest absolute Gasteiger partial charge is 0.253 e. The number of nitrogens with zero attached hydrogens (tertiary/aromatic N) is 2. The molecule has 2 aromatic carbocycles. The summed E-state index contributed by atoms with van der Waals surface area (Å²) in [6.07, 6.45) is 0.741. The van der Waals surface area contributed by atoms with Crippen LogP contribution in [0.15, 0.2) is 47.4 Å². The first-order valence-electron chi connectivity index (χ1n) is 10.9. The minimum atomic E-state index is -3.71. The minimum Gasteiger partial charge on any atom is -0.490 e. The topological polar surface area (TPSA) is 105 Å². The average molecular weight is 474 g/mol. The van der Waals surface area contributed by atoms with Crippen LogP contribution in [0, 0.1) is 0 Å². The molecule has 2 heterocycles. The predicted molar refractivity (Wildman–Crippen MR) is 121 cm³/mol. The summed E-state index contributed by atoms with van der Waals surface area (Å²) in [6, 6.07) is 11.7. The molecule has 9 nitrogen and oxygen atoms in total. The molecular weight excluding hydrogens is 446 g/mol. The van der Waals surface area contributed by atoms with Crippen LogP contribution < -0.4 is 14.8 Å². The lowest BCUT2D eigenvalue weighted by atomic mass is 10.1. The second-order valence-corrected chi connectivity index (χ2v) is 9.90. The van der Waals surface area contributed by atoms with Crippen molar-refractivity contribution in [1.82, 2.24) is 14.5 Å². The molecule has 0 unspecified atom stereocenters. The molecule has 2 aliphatic heterocycles. The number of carbonyl (C=O) groups is 2. The van der Waals surface area contributed by atoms with Crippen molar-refractivity contribution in [1.29, 1.82) is 0 Å². The van der Waals surface area contributed by atoms with Gasteiger partial charge in [-0.3, -0.25) is 9.59 Å². The summed E-state index contributed by atoms with van der Waals surface area (Å²) in [5, 5.41) is 2.71. The number of benzene rings is 2. The maximum atomic E-state index is 13.1. The molecule has 1 N–H and O–H groups in total. The van der Waals surface area contributed by atoms with Crippen molar-refractivity contribution in [2.24, 2.45) is 0 Å². The SMILES string of the molecule is CC(=O)NCc1ccc(C(=O)N2CCN(S(=O)(=O)c3ccc4c(c3)OCCCO4)CC2)cc1. The van der Waals surface area contributed by atoms with Gasteiger partial charge in [0.05, 0.1) is 18.1 Å². The van der Waals surface area contributed by atoms with E-state index >= 15 is 0 Å². The lowest BCUT2D eigenvalue weighted by Gasteiger charge is -2.34. The third kappa shape index (κ3) is 5.28. The van der Waals surface area contributed by atoms with E-state index in [0.29, 0.717) is 49.9 Å². The summed E-state index contributed by atoms with van der Waals surface area (Å²) in [4.78, 5) is 25.7. The van der Waals surface area contributed by atoms with Gasteiger partial charge in [0.1, 0.15) is 0 Å². The Kier molecular flexibility index (Phi) is 6.85. The number of ether oxygens (including phenoxy) is 2. The van der Waals surface area contributed by atoms with Crippen LogP contribution in [0.3, 0.4) is 0 Å². The molecule has 33 heavy (non-hydrogen) atoms. The molecule has 1 fully saturated rings. The number of amides is 2. The lowest BCUT2D eigenvalue weighted by Crippen LogP contribution is -2.50. The van der Waals surface area contributed by atoms with Crippen molar-refractivity contribution in [3.8, 4) is 11.5 Å². The fourth-order valence-electron chi connectivity index (χ4n) is 3.76. The fourth-order valence-corrected chi connectivity index (χ4v) is 5.20. The molecule has 4 rings (SSSR count). The van der Waals surface area contributed by atoms with Crippen molar-refractivity contribution in [2.45, 2.75) is 24.8 Å². The van der Waals surface area contributed by atoms with Gasteiger partial charge in [-0.15, -0.1) is 0 Å². The molecule has 0 spiro atoms. The average Bonchev–Trinajstić information content (AvgIpc) is 3.07. The summed E-state index contributed by atoms with van der Waals surface area (Å²) in [5.41, 5.74) is 1.42. The quantitative estimate of drug-likeness (QED) is 0.708. The van der Waals surface area contributed by atoms with E-state index in [9.17, 15) is 18.0 Å². The first-order valence-corrected chi connectivity index (χ1v) is 12.3. The Morgan fingerprint density at radius 1 is 0.939 bits per heavy atom. The van der Waals surface area contributed by atoms with Gasteiger partial charge in [-0.05, 0) is 29.8 Å². The van der Waals surface area contributed by atoms with Crippen LogP contribution in [0.1, 0.15) is 29.3 Å². The van der Waals surface area contributed by atoms with Gasteiger partial charge < -0.3 is 19.7 Å². The molecule has 0 aliphatic carbocycles. The van der Waals surface area contributed by atoms with Crippen molar-refractivity contribution >= 4 is 21.8 Å². The third-order valence-corrected chi connectivity index (χ3v) is 7.52. The van der Waals surface area contributed by atoms with E-state index < -0.39 is 10.0 Å². The molecule has 2 aromatic rings. The van der Waals surface area contributed by atoms with Gasteiger partial charge in [0, 0.05) is 57.7 Å². The van der Waals surface area contributed by atoms with Crippen molar-refractivity contribution in [3.05, 3.63) is 53.6 Å². The maximum Gasteiger partial charge on any atom is 0.253 e. The van der Waals surface area contributed by atoms with Gasteiger partial charge >= 0.3 is 0 Å². The Hall–Kier alpha value is -3.11. The molecule has 0 radical (unpaired) electrons. The summed E-state index contributed by atoms with van der Waals surface area (Å²) in [6.45, 7) is 3.89. The summed E-state index contributed by atoms with van der Waals surface area (Å²) in [7, 11) is -3.71. The van der Waals surface area contributed by atoms with Gasteiger partial charge in [-0.2, -0.15) is 4.31 Å². The van der Waals surface area contributed by atoms with Crippen LogP contribution in [0.4, 0.5) is 0 Å². The number of fused-ring (bicyclic) bond motifs is 1. The Morgan fingerprint density at radius 3 is 2.27 bits per heavy atom. The minimum absolute atomic E-state index is 0.116. The molecule has 2 amide bonds. The summed E-state index contributed by atoms with van der Waals surface area (Å²) < 4.78 is 38.9. The highest BCUT2D eigenvalue weighted by atomic mass is 32.2. The molecule has 0 bridgehead atoms. The second kappa shape index (κ2) is 9.80. The zero-order valence-electron chi connectivity index (χ0n) is 18.5. The van der Waals surface area contributed by atoms with Gasteiger partial charge in [-0.1, -0.05) is 12.1 Å². The molecular formula is C23H27N3O6S. The number of sulfonamides is 1. The highest BCUT2D eigenvalue weighted by Crippen LogP contribution is 2.33. The Bertz CT molecular complexity index is 1130.